The molecule has 7 heteroatoms. The zero-order chi connectivity index (χ0) is 24.5. The van der Waals surface area contributed by atoms with E-state index in [4.69, 9.17) is 0 Å². The van der Waals surface area contributed by atoms with Gasteiger partial charge in [-0.25, -0.2) is 4.39 Å². The molecular weight excluding hydrogens is 461 g/mol. The summed E-state index contributed by atoms with van der Waals surface area (Å²) in [5, 5.41) is 5.09. The van der Waals surface area contributed by atoms with Crippen LogP contribution in [-0.4, -0.2) is 34.4 Å². The number of halogens is 1. The van der Waals surface area contributed by atoms with Crippen LogP contribution in [0.25, 0.3) is 10.2 Å². The van der Waals surface area contributed by atoms with Crippen LogP contribution < -0.4 is 5.32 Å². The summed E-state index contributed by atoms with van der Waals surface area (Å²) in [7, 11) is 0. The maximum Gasteiger partial charge on any atom is 0.270 e. The molecule has 0 unspecified atom stereocenters. The van der Waals surface area contributed by atoms with E-state index in [-0.39, 0.29) is 23.5 Å². The number of aryl methyl sites for hydroxylation is 1. The maximum atomic E-state index is 13.5. The Hall–Kier alpha value is -3.45. The third kappa shape index (κ3) is 4.73. The number of likely N-dealkylation sites (tertiary alicyclic amines) is 1. The van der Waals surface area contributed by atoms with Gasteiger partial charge < -0.3 is 14.8 Å². The summed E-state index contributed by atoms with van der Waals surface area (Å²) in [6.07, 6.45) is 1.27. The molecule has 0 aliphatic carbocycles. The molecule has 5 nitrogen and oxygen atoms in total. The molecule has 1 saturated heterocycles. The lowest BCUT2D eigenvalue weighted by Crippen LogP contribution is -2.42. The summed E-state index contributed by atoms with van der Waals surface area (Å²) in [4.78, 5) is 28.3. The minimum absolute atomic E-state index is 0.0194. The average Bonchev–Trinajstić information content (AvgIpc) is 3.45. The summed E-state index contributed by atoms with van der Waals surface area (Å²) in [5.41, 5.74) is 5.65. The van der Waals surface area contributed by atoms with Crippen LogP contribution in [-0.2, 0) is 11.3 Å². The van der Waals surface area contributed by atoms with Crippen LogP contribution in [0.3, 0.4) is 0 Å². The zero-order valence-electron chi connectivity index (χ0n) is 19.9. The van der Waals surface area contributed by atoms with Crippen molar-refractivity contribution in [3.8, 4) is 0 Å². The van der Waals surface area contributed by atoms with Crippen molar-refractivity contribution in [1.29, 1.82) is 0 Å². The van der Waals surface area contributed by atoms with Gasteiger partial charge in [-0.05, 0) is 79.1 Å². The summed E-state index contributed by atoms with van der Waals surface area (Å²) in [6.45, 7) is 5.62. The van der Waals surface area contributed by atoms with E-state index in [1.807, 2.05) is 59.0 Å². The second-order valence-electron chi connectivity index (χ2n) is 9.22. The largest absolute Gasteiger partial charge is 0.337 e. The predicted octanol–water partition coefficient (Wildman–Crippen LogP) is 6.00. The SMILES string of the molecule is Cc1cccc(NC(=O)C2CCN(C(=O)c3cc4sccc4n3Cc3ccc(F)cc3)CC2)c1C. The van der Waals surface area contributed by atoms with Crippen molar-refractivity contribution in [2.24, 2.45) is 5.92 Å². The number of anilines is 1. The van der Waals surface area contributed by atoms with Gasteiger partial charge in [0.25, 0.3) is 5.91 Å². The average molecular weight is 490 g/mol. The number of hydrogen-bond acceptors (Lipinski definition) is 3. The molecule has 2 amide bonds. The highest BCUT2D eigenvalue weighted by molar-refractivity contribution is 7.17. The first-order valence-corrected chi connectivity index (χ1v) is 12.8. The van der Waals surface area contributed by atoms with Crippen molar-refractivity contribution in [3.63, 3.8) is 0 Å². The van der Waals surface area contributed by atoms with Crippen molar-refractivity contribution in [2.75, 3.05) is 18.4 Å². The van der Waals surface area contributed by atoms with Crippen LogP contribution in [0.5, 0.6) is 0 Å². The lowest BCUT2D eigenvalue weighted by Gasteiger charge is -2.31. The standard InChI is InChI=1S/C28H28FN3O2S/c1-18-4-3-5-23(19(18)2)30-27(33)21-10-13-31(14-11-21)28(34)25-16-26-24(12-15-35-26)32(25)17-20-6-8-22(29)9-7-20/h3-9,12,15-16,21H,10-11,13-14,17H2,1-2H3,(H,30,33). The molecule has 0 spiro atoms. The Kier molecular flexibility index (Phi) is 6.43. The van der Waals surface area contributed by atoms with Gasteiger partial charge >= 0.3 is 0 Å². The van der Waals surface area contributed by atoms with Crippen LogP contribution in [0.4, 0.5) is 10.1 Å². The first-order valence-electron chi connectivity index (χ1n) is 11.9. The van der Waals surface area contributed by atoms with Crippen molar-refractivity contribution < 1.29 is 14.0 Å². The van der Waals surface area contributed by atoms with E-state index in [0.717, 1.165) is 32.6 Å². The first-order chi connectivity index (χ1) is 16.9. The Bertz CT molecular complexity index is 1380. The molecule has 1 aliphatic rings. The fraction of sp³-hybridized carbons (Fsp3) is 0.286. The van der Waals surface area contributed by atoms with E-state index < -0.39 is 0 Å². The van der Waals surface area contributed by atoms with E-state index >= 15 is 0 Å². The van der Waals surface area contributed by atoms with Gasteiger partial charge in [0.2, 0.25) is 5.91 Å². The Labute approximate surface area is 208 Å². The Morgan fingerprint density at radius 1 is 1.06 bits per heavy atom. The van der Waals surface area contributed by atoms with Crippen molar-refractivity contribution in [2.45, 2.75) is 33.2 Å². The fourth-order valence-electron chi connectivity index (χ4n) is 4.73. The molecule has 2 aromatic heterocycles. The van der Waals surface area contributed by atoms with E-state index in [9.17, 15) is 14.0 Å². The highest BCUT2D eigenvalue weighted by atomic mass is 32.1. The van der Waals surface area contributed by atoms with Crippen molar-refractivity contribution in [1.82, 2.24) is 9.47 Å². The van der Waals surface area contributed by atoms with Gasteiger partial charge in [-0.1, -0.05) is 24.3 Å². The molecule has 0 radical (unpaired) electrons. The number of piperidine rings is 1. The number of fused-ring (bicyclic) bond motifs is 1. The Balaban J connectivity index is 1.28. The normalized spacial score (nSPS) is 14.4. The highest BCUT2D eigenvalue weighted by Gasteiger charge is 2.30. The van der Waals surface area contributed by atoms with Gasteiger partial charge in [-0.3, -0.25) is 9.59 Å². The molecule has 1 N–H and O–H groups in total. The number of nitrogens with zero attached hydrogens (tertiary/aromatic N) is 2. The van der Waals surface area contributed by atoms with Gasteiger partial charge in [0.15, 0.2) is 0 Å². The lowest BCUT2D eigenvalue weighted by molar-refractivity contribution is -0.121. The second kappa shape index (κ2) is 9.66. The minimum Gasteiger partial charge on any atom is -0.337 e. The molecule has 5 rings (SSSR count). The summed E-state index contributed by atoms with van der Waals surface area (Å²) >= 11 is 1.60. The first kappa shape index (κ1) is 23.3. The molecule has 4 aromatic rings. The number of amides is 2. The summed E-state index contributed by atoms with van der Waals surface area (Å²) in [6, 6.07) is 16.3. The minimum atomic E-state index is -0.275. The van der Waals surface area contributed by atoms with Crippen LogP contribution in [0.15, 0.2) is 60.0 Å². The third-order valence-electron chi connectivity index (χ3n) is 7.01. The topological polar surface area (TPSA) is 54.3 Å². The van der Waals surface area contributed by atoms with Crippen molar-refractivity contribution in [3.05, 3.63) is 88.2 Å². The predicted molar refractivity (Wildman–Crippen MR) is 138 cm³/mol. The number of rotatable bonds is 5. The number of thiophene rings is 1. The molecular formula is C28H28FN3O2S. The van der Waals surface area contributed by atoms with E-state index in [0.29, 0.717) is 38.2 Å². The van der Waals surface area contributed by atoms with Gasteiger partial charge in [-0.2, -0.15) is 0 Å². The third-order valence-corrected chi connectivity index (χ3v) is 7.86. The van der Waals surface area contributed by atoms with E-state index in [1.54, 1.807) is 23.5 Å². The lowest BCUT2D eigenvalue weighted by atomic mass is 9.95. The van der Waals surface area contributed by atoms with E-state index in [2.05, 4.69) is 5.32 Å². The number of aromatic nitrogens is 1. The van der Waals surface area contributed by atoms with Crippen LogP contribution >= 0.6 is 11.3 Å². The quantitative estimate of drug-likeness (QED) is 0.374. The molecule has 1 fully saturated rings. The fourth-order valence-corrected chi connectivity index (χ4v) is 5.55. The molecule has 180 valence electrons. The summed E-state index contributed by atoms with van der Waals surface area (Å²) in [5.74, 6) is -0.397. The number of nitrogens with one attached hydrogen (secondary N) is 1. The van der Waals surface area contributed by atoms with Crippen LogP contribution in [0.1, 0.15) is 40.0 Å². The van der Waals surface area contributed by atoms with Crippen molar-refractivity contribution >= 4 is 39.1 Å². The highest BCUT2D eigenvalue weighted by Crippen LogP contribution is 2.29. The van der Waals surface area contributed by atoms with Gasteiger partial charge in [-0.15, -0.1) is 11.3 Å². The maximum absolute atomic E-state index is 13.5. The number of benzene rings is 2. The molecule has 0 saturated carbocycles. The van der Waals surface area contributed by atoms with Gasteiger partial charge in [0.05, 0.1) is 10.2 Å². The molecule has 0 atom stereocenters. The molecule has 35 heavy (non-hydrogen) atoms. The van der Waals surface area contributed by atoms with Gasteiger partial charge in [0.1, 0.15) is 11.5 Å². The molecule has 2 aromatic carbocycles. The van der Waals surface area contributed by atoms with Crippen LogP contribution in [0.2, 0.25) is 0 Å². The number of carbonyl (C=O) groups excluding carboxylic acids is 2. The monoisotopic (exact) mass is 489 g/mol. The van der Waals surface area contributed by atoms with Crippen LogP contribution in [0, 0.1) is 25.6 Å². The number of carbonyl (C=O) groups is 2. The molecule has 3 heterocycles. The summed E-state index contributed by atoms with van der Waals surface area (Å²) < 4.78 is 16.4. The molecule has 1 aliphatic heterocycles. The number of hydrogen-bond donors (Lipinski definition) is 1. The van der Waals surface area contributed by atoms with E-state index in [1.165, 1.54) is 12.1 Å². The Morgan fingerprint density at radius 3 is 2.54 bits per heavy atom. The van der Waals surface area contributed by atoms with Gasteiger partial charge in [0, 0.05) is 31.2 Å². The smallest absolute Gasteiger partial charge is 0.270 e. The Morgan fingerprint density at radius 2 is 1.80 bits per heavy atom. The second-order valence-corrected chi connectivity index (χ2v) is 10.2. The molecule has 0 bridgehead atoms. The zero-order valence-corrected chi connectivity index (χ0v) is 20.7.